The fourth-order valence-electron chi connectivity index (χ4n) is 2.21. The molecule has 2 unspecified atom stereocenters. The van der Waals surface area contributed by atoms with Crippen molar-refractivity contribution < 1.29 is 9.53 Å². The van der Waals surface area contributed by atoms with Gasteiger partial charge in [0.05, 0.1) is 6.10 Å². The van der Waals surface area contributed by atoms with Crippen LogP contribution in [0.15, 0.2) is 0 Å². The molecule has 0 saturated carbocycles. The summed E-state index contributed by atoms with van der Waals surface area (Å²) in [6.07, 6.45) is 3.31. The smallest absolute Gasteiger partial charge is 0.158 e. The molecule has 2 atom stereocenters. The lowest BCUT2D eigenvalue weighted by atomic mass is 9.84. The number of hydrogen-bond donors (Lipinski definition) is 1. The molecule has 3 heteroatoms. The van der Waals surface area contributed by atoms with Crippen LogP contribution >= 0.6 is 0 Å². The number of carbonyl (C=O) groups is 1. The van der Waals surface area contributed by atoms with Crippen molar-refractivity contribution in [2.24, 2.45) is 11.8 Å². The van der Waals surface area contributed by atoms with Gasteiger partial charge in [0.1, 0.15) is 6.61 Å². The predicted octanol–water partition coefficient (Wildman–Crippen LogP) is 2.01. The highest BCUT2D eigenvalue weighted by atomic mass is 16.5. The molecule has 1 rings (SSSR count). The van der Waals surface area contributed by atoms with Gasteiger partial charge in [-0.05, 0) is 51.6 Å². The number of ether oxygens (including phenoxy) is 1. The summed E-state index contributed by atoms with van der Waals surface area (Å²) in [5.41, 5.74) is 0. The average Bonchev–Trinajstić information content (AvgIpc) is 2.27. The van der Waals surface area contributed by atoms with Crippen molar-refractivity contribution in [3.63, 3.8) is 0 Å². The molecule has 0 amide bonds. The van der Waals surface area contributed by atoms with Crippen molar-refractivity contribution in [1.29, 1.82) is 0 Å². The van der Waals surface area contributed by atoms with E-state index in [1.165, 1.54) is 12.8 Å². The zero-order valence-electron chi connectivity index (χ0n) is 10.8. The Hall–Kier alpha value is -0.410. The minimum atomic E-state index is 0.149. The second-order valence-electron chi connectivity index (χ2n) is 5.19. The molecule has 0 spiro atoms. The monoisotopic (exact) mass is 227 g/mol. The predicted molar refractivity (Wildman–Crippen MR) is 65.5 cm³/mol. The first-order valence-electron chi connectivity index (χ1n) is 6.43. The van der Waals surface area contributed by atoms with E-state index < -0.39 is 0 Å². The molecule has 0 radical (unpaired) electrons. The third-order valence-electron chi connectivity index (χ3n) is 3.27. The summed E-state index contributed by atoms with van der Waals surface area (Å²) in [7, 11) is 0. The molecule has 16 heavy (non-hydrogen) atoms. The lowest BCUT2D eigenvalue weighted by molar-refractivity contribution is -0.126. The Morgan fingerprint density at radius 3 is 2.75 bits per heavy atom. The molecule has 1 N–H and O–H groups in total. The van der Waals surface area contributed by atoms with E-state index in [2.05, 4.69) is 12.2 Å². The van der Waals surface area contributed by atoms with Crippen LogP contribution in [0.1, 0.15) is 40.0 Å². The van der Waals surface area contributed by atoms with Crippen molar-refractivity contribution in [2.75, 3.05) is 19.7 Å². The summed E-state index contributed by atoms with van der Waals surface area (Å²) in [4.78, 5) is 11.7. The maximum Gasteiger partial charge on any atom is 0.158 e. The van der Waals surface area contributed by atoms with Gasteiger partial charge in [-0.2, -0.15) is 0 Å². The van der Waals surface area contributed by atoms with Crippen LogP contribution in [0.5, 0.6) is 0 Å². The molecule has 1 heterocycles. The van der Waals surface area contributed by atoms with Gasteiger partial charge < -0.3 is 10.1 Å². The van der Waals surface area contributed by atoms with Crippen LogP contribution in [0, 0.1) is 11.8 Å². The first-order chi connectivity index (χ1) is 7.59. The van der Waals surface area contributed by atoms with Crippen molar-refractivity contribution in [2.45, 2.75) is 46.1 Å². The third-order valence-corrected chi connectivity index (χ3v) is 3.27. The second kappa shape index (κ2) is 7.02. The number of ketones is 1. The van der Waals surface area contributed by atoms with E-state index in [1.807, 2.05) is 13.8 Å². The maximum absolute atomic E-state index is 11.7. The zero-order chi connectivity index (χ0) is 12.0. The van der Waals surface area contributed by atoms with E-state index in [9.17, 15) is 4.79 Å². The number of piperidine rings is 1. The Labute approximate surface area is 98.9 Å². The largest absolute Gasteiger partial charge is 0.371 e. The Balaban J connectivity index is 2.21. The molecule has 3 nitrogen and oxygen atoms in total. The van der Waals surface area contributed by atoms with Gasteiger partial charge in [0, 0.05) is 6.42 Å². The van der Waals surface area contributed by atoms with E-state index in [-0.39, 0.29) is 18.5 Å². The summed E-state index contributed by atoms with van der Waals surface area (Å²) in [5, 5.41) is 3.40. The van der Waals surface area contributed by atoms with Crippen LogP contribution in [0.4, 0.5) is 0 Å². The average molecular weight is 227 g/mol. The van der Waals surface area contributed by atoms with Gasteiger partial charge in [-0.15, -0.1) is 0 Å². The maximum atomic E-state index is 11.7. The number of carbonyl (C=O) groups excluding carboxylic acids is 1. The van der Waals surface area contributed by atoms with Crippen LogP contribution in [0.3, 0.4) is 0 Å². The molecular formula is C13H25NO2. The normalized spacial score (nSPS) is 23.4. The van der Waals surface area contributed by atoms with E-state index in [4.69, 9.17) is 4.74 Å². The summed E-state index contributed by atoms with van der Waals surface area (Å²) >= 11 is 0. The molecule has 1 saturated heterocycles. The number of nitrogens with one attached hydrogen (secondary N) is 1. The van der Waals surface area contributed by atoms with Gasteiger partial charge in [-0.3, -0.25) is 4.79 Å². The van der Waals surface area contributed by atoms with Crippen molar-refractivity contribution in [3.8, 4) is 0 Å². The van der Waals surface area contributed by atoms with E-state index >= 15 is 0 Å². The fourth-order valence-corrected chi connectivity index (χ4v) is 2.21. The van der Waals surface area contributed by atoms with Gasteiger partial charge in [0.25, 0.3) is 0 Å². The van der Waals surface area contributed by atoms with Crippen LogP contribution in [-0.4, -0.2) is 31.6 Å². The first-order valence-corrected chi connectivity index (χ1v) is 6.43. The molecule has 0 aromatic heterocycles. The Kier molecular flexibility index (Phi) is 5.99. The first kappa shape index (κ1) is 13.7. The molecule has 94 valence electrons. The van der Waals surface area contributed by atoms with E-state index in [0.717, 1.165) is 13.1 Å². The van der Waals surface area contributed by atoms with Gasteiger partial charge >= 0.3 is 0 Å². The van der Waals surface area contributed by atoms with Gasteiger partial charge in [-0.1, -0.05) is 6.92 Å². The molecule has 1 aliphatic rings. The van der Waals surface area contributed by atoms with Crippen LogP contribution in [0.2, 0.25) is 0 Å². The quantitative estimate of drug-likeness (QED) is 0.754. The van der Waals surface area contributed by atoms with Gasteiger partial charge in [-0.25, -0.2) is 0 Å². The van der Waals surface area contributed by atoms with Crippen LogP contribution in [-0.2, 0) is 9.53 Å². The summed E-state index contributed by atoms with van der Waals surface area (Å²) in [6.45, 7) is 8.59. The molecule has 0 bridgehead atoms. The molecule has 1 fully saturated rings. The minimum Gasteiger partial charge on any atom is -0.371 e. The summed E-state index contributed by atoms with van der Waals surface area (Å²) < 4.78 is 5.33. The van der Waals surface area contributed by atoms with Gasteiger partial charge in [0.2, 0.25) is 0 Å². The Bertz CT molecular complexity index is 210. The van der Waals surface area contributed by atoms with E-state index in [0.29, 0.717) is 18.3 Å². The molecule has 1 aliphatic heterocycles. The number of Topliss-reactive ketones (excluding diaryl/α,β-unsaturated/α-hetero) is 1. The Morgan fingerprint density at radius 2 is 2.19 bits per heavy atom. The third kappa shape index (κ3) is 5.08. The highest BCUT2D eigenvalue weighted by Gasteiger charge is 2.21. The lowest BCUT2D eigenvalue weighted by Gasteiger charge is -2.28. The Morgan fingerprint density at radius 1 is 1.44 bits per heavy atom. The van der Waals surface area contributed by atoms with Crippen LogP contribution < -0.4 is 5.32 Å². The van der Waals surface area contributed by atoms with Crippen molar-refractivity contribution in [1.82, 2.24) is 5.32 Å². The van der Waals surface area contributed by atoms with Crippen molar-refractivity contribution in [3.05, 3.63) is 0 Å². The molecule has 0 aromatic rings. The fraction of sp³-hybridized carbons (Fsp3) is 0.923. The topological polar surface area (TPSA) is 38.3 Å². The highest BCUT2D eigenvalue weighted by Crippen LogP contribution is 2.22. The van der Waals surface area contributed by atoms with Gasteiger partial charge in [0.15, 0.2) is 5.78 Å². The zero-order valence-corrected chi connectivity index (χ0v) is 10.8. The number of rotatable bonds is 6. The molecule has 0 aliphatic carbocycles. The van der Waals surface area contributed by atoms with Crippen LogP contribution in [0.25, 0.3) is 0 Å². The molecular weight excluding hydrogens is 202 g/mol. The molecule has 0 aromatic carbocycles. The summed E-state index contributed by atoms with van der Waals surface area (Å²) in [5.74, 6) is 1.39. The standard InChI is InChI=1S/C13H25NO2/c1-10(2)16-9-13(15)7-11(3)12-5-4-6-14-8-12/h10-12,14H,4-9H2,1-3H3. The minimum absolute atomic E-state index is 0.149. The van der Waals surface area contributed by atoms with E-state index in [1.54, 1.807) is 0 Å². The lowest BCUT2D eigenvalue weighted by Crippen LogP contribution is -2.34. The summed E-state index contributed by atoms with van der Waals surface area (Å²) in [6, 6.07) is 0. The second-order valence-corrected chi connectivity index (χ2v) is 5.19. The highest BCUT2D eigenvalue weighted by molar-refractivity contribution is 5.79. The SMILES string of the molecule is CC(C)OCC(=O)CC(C)C1CCCNC1. The van der Waals surface area contributed by atoms with Crippen molar-refractivity contribution >= 4 is 5.78 Å². The number of hydrogen-bond acceptors (Lipinski definition) is 3.